The number of hydrogen-bond acceptors (Lipinski definition) is 2. The minimum absolute atomic E-state index is 0.147. The van der Waals surface area contributed by atoms with Crippen molar-refractivity contribution in [1.29, 1.82) is 0 Å². The molecule has 21 heavy (non-hydrogen) atoms. The lowest BCUT2D eigenvalue weighted by molar-refractivity contribution is 0.0699. The van der Waals surface area contributed by atoms with Gasteiger partial charge in [-0.2, -0.15) is 0 Å². The second-order valence-electron chi connectivity index (χ2n) is 5.70. The second-order valence-corrected chi connectivity index (χ2v) is 5.70. The quantitative estimate of drug-likeness (QED) is 0.817. The fourth-order valence-electron chi connectivity index (χ4n) is 3.27. The molecule has 0 saturated heterocycles. The zero-order chi connectivity index (χ0) is 16.2. The van der Waals surface area contributed by atoms with Gasteiger partial charge in [0.05, 0.1) is 6.04 Å². The monoisotopic (exact) mass is 298 g/mol. The van der Waals surface area contributed by atoms with Gasteiger partial charge in [-0.25, -0.2) is 8.78 Å². The van der Waals surface area contributed by atoms with Gasteiger partial charge in [0.25, 0.3) is 0 Å². The molecule has 0 spiro atoms. The lowest BCUT2D eigenvalue weighted by atomic mass is 9.82. The van der Waals surface area contributed by atoms with Crippen molar-refractivity contribution in [3.8, 4) is 0 Å². The van der Waals surface area contributed by atoms with Crippen molar-refractivity contribution in [2.45, 2.75) is 52.6 Å². The maximum atomic E-state index is 14.5. The fourth-order valence-corrected chi connectivity index (χ4v) is 3.27. The number of likely N-dealkylation sites (N-methyl/N-ethyl adjacent to an activating group) is 2. The predicted molar refractivity (Wildman–Crippen MR) is 84.5 cm³/mol. The first-order valence-corrected chi connectivity index (χ1v) is 7.74. The van der Waals surface area contributed by atoms with Gasteiger partial charge in [0, 0.05) is 11.1 Å². The molecule has 0 heterocycles. The van der Waals surface area contributed by atoms with Crippen molar-refractivity contribution in [3.63, 3.8) is 0 Å². The molecule has 0 aromatic heterocycles. The van der Waals surface area contributed by atoms with E-state index in [1.807, 2.05) is 0 Å². The molecule has 0 aliphatic heterocycles. The molecule has 1 aromatic carbocycles. The Labute approximate surface area is 127 Å². The number of halogens is 2. The molecule has 0 aliphatic carbocycles. The highest BCUT2D eigenvalue weighted by molar-refractivity contribution is 5.31. The first kappa shape index (κ1) is 18.1. The number of nitrogens with zero attached hydrogens (tertiary/aromatic N) is 1. The molecule has 2 unspecified atom stereocenters. The summed E-state index contributed by atoms with van der Waals surface area (Å²) in [5.74, 6) is -0.925. The largest absolute Gasteiger partial charge is 0.311 e. The Morgan fingerprint density at radius 2 is 1.76 bits per heavy atom. The highest BCUT2D eigenvalue weighted by Gasteiger charge is 2.40. The van der Waals surface area contributed by atoms with E-state index in [1.54, 1.807) is 14.0 Å². The molecule has 0 radical (unpaired) electrons. The van der Waals surface area contributed by atoms with E-state index in [4.69, 9.17) is 0 Å². The van der Waals surface area contributed by atoms with Gasteiger partial charge in [-0.1, -0.05) is 26.8 Å². The van der Waals surface area contributed by atoms with Crippen molar-refractivity contribution in [3.05, 3.63) is 34.9 Å². The van der Waals surface area contributed by atoms with E-state index in [1.165, 1.54) is 12.1 Å². The summed E-state index contributed by atoms with van der Waals surface area (Å²) in [6.45, 7) is 11.6. The van der Waals surface area contributed by atoms with Crippen molar-refractivity contribution in [2.24, 2.45) is 0 Å². The maximum absolute atomic E-state index is 14.5. The van der Waals surface area contributed by atoms with Crippen molar-refractivity contribution >= 4 is 0 Å². The smallest absolute Gasteiger partial charge is 0.133 e. The van der Waals surface area contributed by atoms with Crippen LogP contribution in [0.2, 0.25) is 0 Å². The normalized spacial score (nSPS) is 16.0. The fraction of sp³-hybridized carbons (Fsp3) is 0.647. The number of rotatable bonds is 7. The second kappa shape index (κ2) is 7.32. The van der Waals surface area contributed by atoms with Crippen LogP contribution in [0.25, 0.3) is 0 Å². The number of nitrogens with one attached hydrogen (secondary N) is 1. The average molecular weight is 298 g/mol. The van der Waals surface area contributed by atoms with E-state index in [2.05, 4.69) is 37.9 Å². The molecule has 0 fully saturated rings. The van der Waals surface area contributed by atoms with Gasteiger partial charge in [0.1, 0.15) is 11.6 Å². The third-order valence-electron chi connectivity index (χ3n) is 4.72. The highest BCUT2D eigenvalue weighted by atomic mass is 19.1. The molecule has 4 heteroatoms. The number of hydrogen-bond donors (Lipinski definition) is 1. The molecule has 120 valence electrons. The van der Waals surface area contributed by atoms with Crippen LogP contribution in [0.3, 0.4) is 0 Å². The minimum atomic E-state index is -0.482. The summed E-state index contributed by atoms with van der Waals surface area (Å²) < 4.78 is 28.8. The van der Waals surface area contributed by atoms with Crippen molar-refractivity contribution in [2.75, 3.05) is 20.1 Å². The summed E-state index contributed by atoms with van der Waals surface area (Å²) >= 11 is 0. The Morgan fingerprint density at radius 1 is 1.19 bits per heavy atom. The van der Waals surface area contributed by atoms with Gasteiger partial charge < -0.3 is 5.32 Å². The summed E-state index contributed by atoms with van der Waals surface area (Å²) in [5.41, 5.74) is 0.270. The summed E-state index contributed by atoms with van der Waals surface area (Å²) in [7, 11) is 1.77. The molecule has 1 N–H and O–H groups in total. The summed E-state index contributed by atoms with van der Waals surface area (Å²) in [5, 5.41) is 3.15. The van der Waals surface area contributed by atoms with Crippen LogP contribution in [0.4, 0.5) is 8.78 Å². The molecule has 1 aromatic rings. The molecule has 2 nitrogen and oxygen atoms in total. The first-order chi connectivity index (χ1) is 9.87. The summed E-state index contributed by atoms with van der Waals surface area (Å²) in [4.78, 5) is 2.26. The number of aryl methyl sites for hydroxylation is 1. The maximum Gasteiger partial charge on any atom is 0.133 e. The number of benzene rings is 1. The van der Waals surface area contributed by atoms with Crippen LogP contribution in [0.5, 0.6) is 0 Å². The molecule has 0 bridgehead atoms. The molecule has 2 atom stereocenters. The molecule has 0 amide bonds. The Bertz CT molecular complexity index is 472. The Morgan fingerprint density at radius 3 is 2.19 bits per heavy atom. The van der Waals surface area contributed by atoms with E-state index in [-0.39, 0.29) is 11.1 Å². The van der Waals surface area contributed by atoms with Gasteiger partial charge in [0.2, 0.25) is 0 Å². The van der Waals surface area contributed by atoms with Crippen molar-refractivity contribution < 1.29 is 8.78 Å². The lowest BCUT2D eigenvalue weighted by Crippen LogP contribution is -2.54. The molecule has 1 rings (SSSR count). The van der Waals surface area contributed by atoms with Crippen LogP contribution in [0, 0.1) is 18.6 Å². The van der Waals surface area contributed by atoms with E-state index in [9.17, 15) is 8.78 Å². The van der Waals surface area contributed by atoms with Crippen molar-refractivity contribution in [1.82, 2.24) is 10.2 Å². The van der Waals surface area contributed by atoms with E-state index < -0.39 is 17.7 Å². The summed E-state index contributed by atoms with van der Waals surface area (Å²) in [6.07, 6.45) is 0.799. The lowest BCUT2D eigenvalue weighted by Gasteiger charge is -2.46. The van der Waals surface area contributed by atoms with Gasteiger partial charge in [-0.3, -0.25) is 4.90 Å². The van der Waals surface area contributed by atoms with Crippen LogP contribution >= 0.6 is 0 Å². The molecule has 0 saturated carbocycles. The highest BCUT2D eigenvalue weighted by Crippen LogP contribution is 2.37. The standard InChI is InChI=1S/C17H28F2N2/c1-7-17(5,21(8-2)9-3)16(20-6)14-13(18)11-10-12(4)15(14)19/h10-11,16,20H,7-9H2,1-6H3. The predicted octanol–water partition coefficient (Wildman–Crippen LogP) is 4.04. The third-order valence-corrected chi connectivity index (χ3v) is 4.72. The molecular formula is C17H28F2N2. The third kappa shape index (κ3) is 3.27. The Hall–Kier alpha value is -1.00. The van der Waals surface area contributed by atoms with E-state index in [0.29, 0.717) is 5.56 Å². The van der Waals surface area contributed by atoms with Crippen LogP contribution in [0.1, 0.15) is 51.3 Å². The van der Waals surface area contributed by atoms with Gasteiger partial charge >= 0.3 is 0 Å². The Balaban J connectivity index is 3.45. The minimum Gasteiger partial charge on any atom is -0.311 e. The van der Waals surface area contributed by atoms with Gasteiger partial charge in [-0.05, 0) is 52.0 Å². The first-order valence-electron chi connectivity index (χ1n) is 7.74. The van der Waals surface area contributed by atoms with E-state index >= 15 is 0 Å². The molecule has 0 aliphatic rings. The molecular weight excluding hydrogens is 270 g/mol. The van der Waals surface area contributed by atoms with Crippen LogP contribution in [0.15, 0.2) is 12.1 Å². The average Bonchev–Trinajstić information content (AvgIpc) is 2.48. The zero-order valence-corrected chi connectivity index (χ0v) is 14.1. The Kier molecular flexibility index (Phi) is 6.29. The van der Waals surface area contributed by atoms with Gasteiger partial charge in [0.15, 0.2) is 0 Å². The zero-order valence-electron chi connectivity index (χ0n) is 14.1. The van der Waals surface area contributed by atoms with Gasteiger partial charge in [-0.15, -0.1) is 0 Å². The van der Waals surface area contributed by atoms with Crippen LogP contribution < -0.4 is 5.32 Å². The topological polar surface area (TPSA) is 15.3 Å². The van der Waals surface area contributed by atoms with Crippen LogP contribution in [-0.4, -0.2) is 30.6 Å². The SMILES string of the molecule is CCN(CC)C(C)(CC)C(NC)c1c(F)ccc(C)c1F. The van der Waals surface area contributed by atoms with Crippen LogP contribution in [-0.2, 0) is 0 Å². The van der Waals surface area contributed by atoms with E-state index in [0.717, 1.165) is 19.5 Å². The summed E-state index contributed by atoms with van der Waals surface area (Å²) in [6, 6.07) is 2.44.